The van der Waals surface area contributed by atoms with E-state index >= 15 is 0 Å². The van der Waals surface area contributed by atoms with E-state index in [4.69, 9.17) is 0 Å². The number of ketones is 1. The third-order valence-corrected chi connectivity index (χ3v) is 7.42. The van der Waals surface area contributed by atoms with Crippen LogP contribution in [0.5, 0.6) is 0 Å². The van der Waals surface area contributed by atoms with E-state index in [0.717, 1.165) is 23.7 Å². The van der Waals surface area contributed by atoms with Crippen LogP contribution < -0.4 is 4.90 Å². The number of nitrogens with zero attached hydrogens (tertiary/aromatic N) is 3. The number of Topliss-reactive ketones (excluding diaryl/α,β-unsaturated/α-hetero) is 1. The van der Waals surface area contributed by atoms with Crippen molar-refractivity contribution in [2.75, 3.05) is 31.1 Å². The maximum atomic E-state index is 13.3. The van der Waals surface area contributed by atoms with Crippen molar-refractivity contribution in [3.63, 3.8) is 0 Å². The topological polar surface area (TPSA) is 83.8 Å². The number of non-ortho nitro benzene ring substituents is 1. The summed E-state index contributed by atoms with van der Waals surface area (Å²) < 4.78 is 13.2. The lowest BCUT2D eigenvalue weighted by atomic mass is 9.89. The molecule has 9 heteroatoms. The van der Waals surface area contributed by atoms with E-state index in [2.05, 4.69) is 4.90 Å². The Morgan fingerprint density at radius 1 is 1.06 bits per heavy atom. The minimum atomic E-state index is -0.486. The lowest BCUT2D eigenvalue weighted by Gasteiger charge is -2.33. The van der Waals surface area contributed by atoms with Crippen molar-refractivity contribution in [2.45, 2.75) is 19.8 Å². The van der Waals surface area contributed by atoms with E-state index in [1.807, 2.05) is 18.4 Å². The molecule has 1 aliphatic rings. The zero-order valence-electron chi connectivity index (χ0n) is 19.4. The first-order valence-electron chi connectivity index (χ1n) is 11.5. The van der Waals surface area contributed by atoms with Gasteiger partial charge in [0.15, 0.2) is 5.78 Å². The van der Waals surface area contributed by atoms with Crippen molar-refractivity contribution in [1.82, 2.24) is 4.90 Å². The highest BCUT2D eigenvalue weighted by Crippen LogP contribution is 2.29. The predicted octanol–water partition coefficient (Wildman–Crippen LogP) is 5.35. The Labute approximate surface area is 206 Å². The van der Waals surface area contributed by atoms with Crippen LogP contribution in [0.4, 0.5) is 15.1 Å². The zero-order chi connectivity index (χ0) is 24.9. The molecule has 0 atom stereocenters. The number of hydrogen-bond donors (Lipinski definition) is 0. The van der Waals surface area contributed by atoms with Gasteiger partial charge in [0, 0.05) is 42.3 Å². The third-order valence-electron chi connectivity index (χ3n) is 6.38. The van der Waals surface area contributed by atoms with Gasteiger partial charge in [-0.2, -0.15) is 0 Å². The molecule has 1 saturated heterocycles. The zero-order valence-corrected chi connectivity index (χ0v) is 20.2. The van der Waals surface area contributed by atoms with Crippen molar-refractivity contribution in [3.8, 4) is 0 Å². The number of likely N-dealkylation sites (tertiary alicyclic amines) is 1. The second-order valence-corrected chi connectivity index (χ2v) is 9.55. The van der Waals surface area contributed by atoms with E-state index in [9.17, 15) is 24.1 Å². The van der Waals surface area contributed by atoms with Crippen molar-refractivity contribution in [2.24, 2.45) is 5.92 Å². The average Bonchev–Trinajstić information content (AvgIpc) is 3.30. The number of carbonyl (C=O) groups is 2. The predicted molar refractivity (Wildman–Crippen MR) is 134 cm³/mol. The number of amides is 1. The number of nitro groups is 1. The molecular weight excluding hydrogens is 469 g/mol. The first-order valence-corrected chi connectivity index (χ1v) is 12.3. The minimum absolute atomic E-state index is 0.0498. The van der Waals surface area contributed by atoms with Gasteiger partial charge in [0.2, 0.25) is 0 Å². The van der Waals surface area contributed by atoms with Crippen LogP contribution in [-0.2, 0) is 0 Å². The van der Waals surface area contributed by atoms with Gasteiger partial charge >= 0.3 is 0 Å². The molecule has 0 saturated carbocycles. The first-order chi connectivity index (χ1) is 16.8. The summed E-state index contributed by atoms with van der Waals surface area (Å²) in [5.41, 5.74) is 1.87. The summed E-state index contributed by atoms with van der Waals surface area (Å²) >= 11 is 1.49. The summed E-state index contributed by atoms with van der Waals surface area (Å²) in [4.78, 5) is 40.5. The number of nitro benzene ring substituents is 1. The first kappa shape index (κ1) is 24.7. The number of piperidine rings is 1. The number of halogens is 1. The number of carbonyl (C=O) groups excluding carboxylic acids is 2. The second kappa shape index (κ2) is 10.9. The Bertz CT molecular complexity index is 1200. The van der Waals surface area contributed by atoms with Gasteiger partial charge in [-0.25, -0.2) is 4.39 Å². The molecule has 1 amide bonds. The SMILES string of the molecule is Cc1ccsc1N(CCN1CCC(C(=O)c2ccc(F)cc2)CC1)C(=O)c1ccc([N+](=O)[O-])cc1. The monoisotopic (exact) mass is 495 g/mol. The van der Waals surface area contributed by atoms with Gasteiger partial charge in [-0.1, -0.05) is 0 Å². The Morgan fingerprint density at radius 3 is 2.26 bits per heavy atom. The molecular formula is C26H26FN3O4S. The molecule has 1 aromatic heterocycles. The molecule has 7 nitrogen and oxygen atoms in total. The normalized spacial score (nSPS) is 14.6. The van der Waals surface area contributed by atoms with Crippen molar-refractivity contribution in [1.29, 1.82) is 0 Å². The van der Waals surface area contributed by atoms with Gasteiger partial charge in [-0.15, -0.1) is 11.3 Å². The van der Waals surface area contributed by atoms with Gasteiger partial charge in [0.05, 0.1) is 4.92 Å². The molecule has 0 aliphatic carbocycles. The molecule has 2 aromatic carbocycles. The number of hydrogen-bond acceptors (Lipinski definition) is 6. The molecule has 0 radical (unpaired) electrons. The van der Waals surface area contributed by atoms with Gasteiger partial charge in [0.25, 0.3) is 11.6 Å². The highest BCUT2D eigenvalue weighted by Gasteiger charge is 2.27. The second-order valence-electron chi connectivity index (χ2n) is 8.66. The van der Waals surface area contributed by atoms with E-state index in [-0.39, 0.29) is 29.1 Å². The third kappa shape index (κ3) is 5.80. The fourth-order valence-electron chi connectivity index (χ4n) is 4.33. The van der Waals surface area contributed by atoms with Gasteiger partial charge in [0.1, 0.15) is 10.8 Å². The number of benzene rings is 2. The summed E-state index contributed by atoms with van der Waals surface area (Å²) in [5.74, 6) is -0.597. The van der Waals surface area contributed by atoms with Crippen LogP contribution in [0.2, 0.25) is 0 Å². The van der Waals surface area contributed by atoms with Crippen LogP contribution in [0.15, 0.2) is 60.0 Å². The summed E-state index contributed by atoms with van der Waals surface area (Å²) in [6.45, 7) is 4.54. The lowest BCUT2D eigenvalue weighted by Crippen LogP contribution is -2.42. The van der Waals surface area contributed by atoms with Crippen molar-refractivity contribution in [3.05, 3.63) is 92.6 Å². The fraction of sp³-hybridized carbons (Fsp3) is 0.308. The van der Waals surface area contributed by atoms with Crippen LogP contribution in [0.25, 0.3) is 0 Å². The number of rotatable bonds is 8. The Kier molecular flexibility index (Phi) is 7.67. The standard InChI is InChI=1S/C26H26FN3O4S/c1-18-12-17-35-26(18)29(25(32)21-4-8-23(9-5-21)30(33)34)16-15-28-13-10-20(11-14-28)24(31)19-2-6-22(27)7-3-19/h2-9,12,17,20H,10-11,13-16H2,1H3. The summed E-state index contributed by atoms with van der Waals surface area (Å²) in [5, 5.41) is 13.7. The van der Waals surface area contributed by atoms with Crippen LogP contribution in [0.1, 0.15) is 39.1 Å². The van der Waals surface area contributed by atoms with Crippen LogP contribution in [0, 0.1) is 28.8 Å². The molecule has 35 heavy (non-hydrogen) atoms. The summed E-state index contributed by atoms with van der Waals surface area (Å²) in [7, 11) is 0. The van der Waals surface area contributed by atoms with Crippen LogP contribution >= 0.6 is 11.3 Å². The van der Waals surface area contributed by atoms with E-state index in [1.165, 1.54) is 59.9 Å². The number of aryl methyl sites for hydroxylation is 1. The number of anilines is 1. The molecule has 1 fully saturated rings. The Balaban J connectivity index is 1.39. The summed E-state index contributed by atoms with van der Waals surface area (Å²) in [6.07, 6.45) is 1.43. The smallest absolute Gasteiger partial charge is 0.269 e. The maximum Gasteiger partial charge on any atom is 0.269 e. The van der Waals surface area contributed by atoms with E-state index < -0.39 is 4.92 Å². The molecule has 0 spiro atoms. The van der Waals surface area contributed by atoms with Crippen molar-refractivity contribution >= 4 is 33.7 Å². The minimum Gasteiger partial charge on any atom is -0.302 e. The van der Waals surface area contributed by atoms with E-state index in [0.29, 0.717) is 37.1 Å². The van der Waals surface area contributed by atoms with Crippen molar-refractivity contribution < 1.29 is 18.9 Å². The quantitative estimate of drug-likeness (QED) is 0.239. The van der Waals surface area contributed by atoms with Gasteiger partial charge in [-0.05, 0) is 86.3 Å². The molecule has 0 bridgehead atoms. The van der Waals surface area contributed by atoms with E-state index in [1.54, 1.807) is 4.90 Å². The summed E-state index contributed by atoms with van der Waals surface area (Å²) in [6, 6.07) is 13.3. The Morgan fingerprint density at radius 2 is 1.69 bits per heavy atom. The highest BCUT2D eigenvalue weighted by atomic mass is 32.1. The average molecular weight is 496 g/mol. The molecule has 182 valence electrons. The van der Waals surface area contributed by atoms with Crippen LogP contribution in [-0.4, -0.2) is 47.7 Å². The lowest BCUT2D eigenvalue weighted by molar-refractivity contribution is -0.384. The molecule has 3 aromatic rings. The van der Waals surface area contributed by atoms with Crippen LogP contribution in [0.3, 0.4) is 0 Å². The van der Waals surface area contributed by atoms with Gasteiger partial charge < -0.3 is 4.90 Å². The molecule has 1 aliphatic heterocycles. The molecule has 0 N–H and O–H groups in total. The fourth-order valence-corrected chi connectivity index (χ4v) is 5.28. The molecule has 4 rings (SSSR count). The largest absolute Gasteiger partial charge is 0.302 e. The number of thiophene rings is 1. The maximum absolute atomic E-state index is 13.3. The van der Waals surface area contributed by atoms with Gasteiger partial charge in [-0.3, -0.25) is 24.6 Å². The molecule has 2 heterocycles. The Hall–Kier alpha value is -3.43. The molecule has 0 unspecified atom stereocenters. The highest BCUT2D eigenvalue weighted by molar-refractivity contribution is 7.14.